The van der Waals surface area contributed by atoms with Crippen molar-refractivity contribution in [1.82, 2.24) is 25.3 Å². The van der Waals surface area contributed by atoms with E-state index in [9.17, 15) is 19.2 Å². The predicted molar refractivity (Wildman–Crippen MR) is 162 cm³/mol. The van der Waals surface area contributed by atoms with Gasteiger partial charge in [0.05, 0.1) is 6.54 Å². The molecule has 1 unspecified atom stereocenters. The largest absolute Gasteiger partial charge is 0.354 e. The predicted octanol–water partition coefficient (Wildman–Crippen LogP) is 2.66. The highest BCUT2D eigenvalue weighted by Gasteiger charge is 2.32. The number of carbonyl (C=O) groups excluding carboxylic acids is 4. The molecule has 232 valence electrons. The van der Waals surface area contributed by atoms with Crippen molar-refractivity contribution in [3.63, 3.8) is 0 Å². The first-order valence-corrected chi connectivity index (χ1v) is 16.1. The first-order valence-electron chi connectivity index (χ1n) is 16.1. The van der Waals surface area contributed by atoms with E-state index in [-0.39, 0.29) is 36.3 Å². The highest BCUT2D eigenvalue weighted by Crippen LogP contribution is 2.22. The number of amides is 5. The molecule has 0 radical (unpaired) electrons. The minimum Gasteiger partial charge on any atom is -0.354 e. The maximum Gasteiger partial charge on any atom is 0.318 e. The summed E-state index contributed by atoms with van der Waals surface area (Å²) in [5, 5.41) is 5.92. The number of rotatable bonds is 11. The molecular weight excluding hydrogens is 532 g/mol. The van der Waals surface area contributed by atoms with Crippen LogP contribution in [0.25, 0.3) is 0 Å². The van der Waals surface area contributed by atoms with Gasteiger partial charge >= 0.3 is 6.03 Å². The number of unbranched alkanes of at least 4 members (excludes halogenated alkanes) is 2. The van der Waals surface area contributed by atoms with Gasteiger partial charge in [0.2, 0.25) is 17.7 Å². The maximum atomic E-state index is 13.3. The molecule has 1 atom stereocenters. The topological polar surface area (TPSA) is 128 Å². The van der Waals surface area contributed by atoms with Crippen LogP contribution >= 0.6 is 0 Å². The average molecular weight is 583 g/mol. The van der Waals surface area contributed by atoms with Crippen molar-refractivity contribution in [3.8, 4) is 0 Å². The van der Waals surface area contributed by atoms with Crippen molar-refractivity contribution < 1.29 is 19.2 Å². The van der Waals surface area contributed by atoms with Crippen LogP contribution in [0.2, 0.25) is 0 Å². The van der Waals surface area contributed by atoms with Crippen molar-refractivity contribution in [2.45, 2.75) is 89.1 Å². The Bertz CT molecular complexity index is 1020. The van der Waals surface area contributed by atoms with Gasteiger partial charge in [-0.2, -0.15) is 0 Å². The molecular formula is C32H50N6O4. The fourth-order valence-electron chi connectivity index (χ4n) is 6.26. The second-order valence-corrected chi connectivity index (χ2v) is 12.3. The Hall–Kier alpha value is -3.14. The lowest BCUT2D eigenvalue weighted by Gasteiger charge is -2.35. The molecule has 5 amide bonds. The van der Waals surface area contributed by atoms with Gasteiger partial charge in [-0.3, -0.25) is 14.4 Å². The minimum absolute atomic E-state index is 0.0183. The fraction of sp³-hybridized carbons (Fsp3) is 0.688. The van der Waals surface area contributed by atoms with E-state index in [1.165, 1.54) is 5.56 Å². The molecule has 0 spiro atoms. The Morgan fingerprint density at radius 1 is 0.833 bits per heavy atom. The molecule has 2 saturated heterocycles. The van der Waals surface area contributed by atoms with Crippen molar-refractivity contribution >= 4 is 23.8 Å². The zero-order chi connectivity index (χ0) is 29.7. The number of nitrogens with zero attached hydrogens (tertiary/aromatic N) is 3. The Morgan fingerprint density at radius 3 is 2.29 bits per heavy atom. The third-order valence-electron chi connectivity index (χ3n) is 9.01. The Kier molecular flexibility index (Phi) is 12.5. The van der Waals surface area contributed by atoms with Crippen molar-refractivity contribution in [1.29, 1.82) is 0 Å². The van der Waals surface area contributed by atoms with Crippen LogP contribution in [0.5, 0.6) is 0 Å². The van der Waals surface area contributed by atoms with E-state index in [1.54, 1.807) is 9.80 Å². The second kappa shape index (κ2) is 16.5. The number of carbonyl (C=O) groups is 4. The van der Waals surface area contributed by atoms with Gasteiger partial charge in [-0.25, -0.2) is 4.79 Å². The fourth-order valence-corrected chi connectivity index (χ4v) is 6.26. The zero-order valence-corrected chi connectivity index (χ0v) is 25.1. The van der Waals surface area contributed by atoms with E-state index in [2.05, 4.69) is 34.9 Å². The van der Waals surface area contributed by atoms with Crippen LogP contribution in [0.1, 0.15) is 76.2 Å². The summed E-state index contributed by atoms with van der Waals surface area (Å²) in [5.41, 5.74) is 7.31. The lowest BCUT2D eigenvalue weighted by Crippen LogP contribution is -2.57. The quantitative estimate of drug-likeness (QED) is 0.346. The number of nitrogens with two attached hydrogens (primary N) is 1. The maximum absolute atomic E-state index is 13.3. The average Bonchev–Trinajstić information content (AvgIpc) is 3.17. The van der Waals surface area contributed by atoms with Crippen LogP contribution in [-0.4, -0.2) is 96.3 Å². The first-order chi connectivity index (χ1) is 20.4. The Morgan fingerprint density at radius 2 is 1.55 bits per heavy atom. The van der Waals surface area contributed by atoms with Gasteiger partial charge in [-0.1, -0.05) is 36.8 Å². The normalized spacial score (nSPS) is 23.3. The van der Waals surface area contributed by atoms with Gasteiger partial charge in [0.15, 0.2) is 0 Å². The highest BCUT2D eigenvalue weighted by molar-refractivity contribution is 5.90. The number of likely N-dealkylation sites (tertiary alicyclic amines) is 1. The number of piperazine rings is 1. The van der Waals surface area contributed by atoms with Crippen molar-refractivity contribution in [3.05, 3.63) is 35.9 Å². The molecule has 3 fully saturated rings. The molecule has 4 N–H and O–H groups in total. The molecule has 4 rings (SSSR count). The lowest BCUT2D eigenvalue weighted by molar-refractivity contribution is -0.137. The first kappa shape index (κ1) is 31.8. The van der Waals surface area contributed by atoms with Crippen LogP contribution in [0, 0.1) is 5.92 Å². The monoisotopic (exact) mass is 582 g/mol. The van der Waals surface area contributed by atoms with Crippen LogP contribution in [-0.2, 0) is 20.8 Å². The van der Waals surface area contributed by atoms with E-state index >= 15 is 0 Å². The molecule has 1 aromatic carbocycles. The Labute approximate surface area is 250 Å². The molecule has 2 heterocycles. The number of nitrogens with one attached hydrogen (secondary N) is 2. The summed E-state index contributed by atoms with van der Waals surface area (Å²) in [7, 11) is 0. The van der Waals surface area contributed by atoms with Gasteiger partial charge in [0.25, 0.3) is 0 Å². The van der Waals surface area contributed by atoms with Gasteiger partial charge in [0, 0.05) is 51.7 Å². The second-order valence-electron chi connectivity index (χ2n) is 12.3. The summed E-state index contributed by atoms with van der Waals surface area (Å²) in [6.45, 7) is 3.07. The van der Waals surface area contributed by atoms with E-state index < -0.39 is 6.04 Å². The minimum atomic E-state index is -0.636. The van der Waals surface area contributed by atoms with E-state index in [0.717, 1.165) is 64.2 Å². The van der Waals surface area contributed by atoms with Crippen molar-refractivity contribution in [2.24, 2.45) is 11.7 Å². The molecule has 1 aliphatic carbocycles. The lowest BCUT2D eigenvalue weighted by atomic mass is 9.86. The van der Waals surface area contributed by atoms with Crippen LogP contribution in [0.4, 0.5) is 4.79 Å². The summed E-state index contributed by atoms with van der Waals surface area (Å²) in [4.78, 5) is 56.8. The zero-order valence-electron chi connectivity index (χ0n) is 25.1. The van der Waals surface area contributed by atoms with E-state index in [1.807, 2.05) is 11.0 Å². The number of hydrogen-bond donors (Lipinski definition) is 3. The van der Waals surface area contributed by atoms with Gasteiger partial charge in [-0.15, -0.1) is 0 Å². The molecule has 1 aromatic rings. The number of hydrogen-bond acceptors (Lipinski definition) is 5. The molecule has 0 aromatic heterocycles. The van der Waals surface area contributed by atoms with E-state index in [4.69, 9.17) is 5.73 Å². The summed E-state index contributed by atoms with van der Waals surface area (Å²) >= 11 is 0. The third-order valence-corrected chi connectivity index (χ3v) is 9.01. The molecule has 3 aliphatic rings. The van der Waals surface area contributed by atoms with Gasteiger partial charge in [0.1, 0.15) is 6.04 Å². The van der Waals surface area contributed by atoms with Crippen LogP contribution in [0.3, 0.4) is 0 Å². The summed E-state index contributed by atoms with van der Waals surface area (Å²) in [6, 6.07) is 9.77. The molecule has 42 heavy (non-hydrogen) atoms. The highest BCUT2D eigenvalue weighted by atomic mass is 16.2. The smallest absolute Gasteiger partial charge is 0.318 e. The summed E-state index contributed by atoms with van der Waals surface area (Å²) in [5.74, 6) is 0.249. The summed E-state index contributed by atoms with van der Waals surface area (Å²) in [6.07, 6.45) is 10.8. The SMILES string of the molecule is NC1CCC(CNC(=O)CN2CCCCC(NC(=O)N3CCN(C(=O)CCCCCc4ccccc4)CC3)C2=O)CC1. The van der Waals surface area contributed by atoms with Gasteiger partial charge in [-0.05, 0) is 75.7 Å². The molecule has 2 aliphatic heterocycles. The van der Waals surface area contributed by atoms with Crippen LogP contribution in [0.15, 0.2) is 30.3 Å². The Balaban J connectivity index is 1.13. The number of urea groups is 1. The summed E-state index contributed by atoms with van der Waals surface area (Å²) < 4.78 is 0. The standard InChI is InChI=1S/C32H50N6O4/c33-27-16-14-26(15-17-27)23-34-29(39)24-38-18-8-7-12-28(31(38)41)35-32(42)37-21-19-36(20-22-37)30(40)13-6-2-5-11-25-9-3-1-4-10-25/h1,3-4,9-10,26-28H,2,5-8,11-24,33H2,(H,34,39)(H,35,42). The van der Waals surface area contributed by atoms with Crippen LogP contribution < -0.4 is 16.4 Å². The van der Waals surface area contributed by atoms with E-state index in [0.29, 0.717) is 58.0 Å². The third kappa shape index (κ3) is 10.00. The molecule has 0 bridgehead atoms. The number of benzene rings is 1. The molecule has 10 heteroatoms. The molecule has 1 saturated carbocycles. The number of aryl methyl sites for hydroxylation is 1. The molecule has 10 nitrogen and oxygen atoms in total. The van der Waals surface area contributed by atoms with Crippen molar-refractivity contribution in [2.75, 3.05) is 45.8 Å². The van der Waals surface area contributed by atoms with Gasteiger partial charge < -0.3 is 31.1 Å².